The van der Waals surface area contributed by atoms with Crippen LogP contribution < -0.4 is 5.73 Å². The largest absolute Gasteiger partial charge is 0.330 e. The number of nitrogens with zero attached hydrogens (tertiary/aromatic N) is 2. The van der Waals surface area contributed by atoms with E-state index < -0.39 is 10.0 Å². The Kier molecular flexibility index (Phi) is 5.54. The van der Waals surface area contributed by atoms with E-state index in [1.54, 1.807) is 19.4 Å². The number of hydrogen-bond donors (Lipinski definition) is 1. The van der Waals surface area contributed by atoms with Gasteiger partial charge in [0.25, 0.3) is 0 Å². The van der Waals surface area contributed by atoms with Crippen LogP contribution in [0.3, 0.4) is 0 Å². The van der Waals surface area contributed by atoms with Gasteiger partial charge in [0, 0.05) is 26.0 Å². The van der Waals surface area contributed by atoms with Gasteiger partial charge in [-0.15, -0.1) is 0 Å². The molecule has 0 bridgehead atoms. The van der Waals surface area contributed by atoms with Crippen LogP contribution in [0.2, 0.25) is 0 Å². The van der Waals surface area contributed by atoms with Gasteiger partial charge in [-0.2, -0.15) is 0 Å². The Balaban J connectivity index is 2.47. The molecule has 0 aliphatic rings. The zero-order chi connectivity index (χ0) is 12.7. The first-order valence-corrected chi connectivity index (χ1v) is 7.20. The molecule has 17 heavy (non-hydrogen) atoms. The van der Waals surface area contributed by atoms with Crippen LogP contribution >= 0.6 is 0 Å². The SMILES string of the molecule is CN(CCc1ccncc1)S(=O)(=O)CCCN. The van der Waals surface area contributed by atoms with Crippen molar-refractivity contribution in [1.82, 2.24) is 9.29 Å². The van der Waals surface area contributed by atoms with E-state index in [0.29, 0.717) is 25.9 Å². The number of nitrogens with two attached hydrogens (primary N) is 1. The minimum atomic E-state index is -3.15. The highest BCUT2D eigenvalue weighted by Crippen LogP contribution is 2.04. The van der Waals surface area contributed by atoms with Gasteiger partial charge in [0.15, 0.2) is 0 Å². The summed E-state index contributed by atoms with van der Waals surface area (Å²) in [6.45, 7) is 0.883. The quantitative estimate of drug-likeness (QED) is 0.759. The van der Waals surface area contributed by atoms with Crippen LogP contribution in [0.5, 0.6) is 0 Å². The molecule has 0 atom stereocenters. The van der Waals surface area contributed by atoms with Gasteiger partial charge in [-0.3, -0.25) is 4.98 Å². The van der Waals surface area contributed by atoms with Crippen LogP contribution in [-0.4, -0.2) is 43.6 Å². The Morgan fingerprint density at radius 2 is 2.00 bits per heavy atom. The molecule has 96 valence electrons. The standard InChI is InChI=1S/C11H19N3O2S/c1-14(17(15,16)10-2-6-12)9-5-11-3-7-13-8-4-11/h3-4,7-8H,2,5-6,9-10,12H2,1H3. The van der Waals surface area contributed by atoms with Crippen LogP contribution in [0.1, 0.15) is 12.0 Å². The third-order valence-corrected chi connectivity index (χ3v) is 4.48. The molecule has 0 saturated carbocycles. The molecule has 0 aromatic carbocycles. The Morgan fingerprint density at radius 3 is 2.59 bits per heavy atom. The maximum Gasteiger partial charge on any atom is 0.213 e. The van der Waals surface area contributed by atoms with Crippen LogP contribution in [0, 0.1) is 0 Å². The molecule has 1 aromatic rings. The summed E-state index contributed by atoms with van der Waals surface area (Å²) in [6, 6.07) is 3.78. The van der Waals surface area contributed by atoms with Crippen LogP contribution in [0.25, 0.3) is 0 Å². The summed E-state index contributed by atoms with van der Waals surface area (Å²) in [5.74, 6) is 0.121. The summed E-state index contributed by atoms with van der Waals surface area (Å²) < 4.78 is 24.9. The van der Waals surface area contributed by atoms with Crippen molar-refractivity contribution in [2.75, 3.05) is 25.9 Å². The lowest BCUT2D eigenvalue weighted by molar-refractivity contribution is 0.471. The average molecular weight is 257 g/mol. The molecule has 2 N–H and O–H groups in total. The summed E-state index contributed by atoms with van der Waals surface area (Å²) in [7, 11) is -1.55. The zero-order valence-electron chi connectivity index (χ0n) is 10.0. The van der Waals surface area contributed by atoms with E-state index >= 15 is 0 Å². The summed E-state index contributed by atoms with van der Waals surface area (Å²) in [5.41, 5.74) is 6.40. The second-order valence-corrected chi connectivity index (χ2v) is 6.08. The molecule has 1 rings (SSSR count). The summed E-state index contributed by atoms with van der Waals surface area (Å²) in [5, 5.41) is 0. The second kappa shape index (κ2) is 6.68. The average Bonchev–Trinajstić information content (AvgIpc) is 2.34. The minimum absolute atomic E-state index is 0.121. The molecule has 0 unspecified atom stereocenters. The topological polar surface area (TPSA) is 76.3 Å². The minimum Gasteiger partial charge on any atom is -0.330 e. The monoisotopic (exact) mass is 257 g/mol. The normalized spacial score (nSPS) is 11.9. The Morgan fingerprint density at radius 1 is 1.35 bits per heavy atom. The second-order valence-electron chi connectivity index (χ2n) is 3.89. The van der Waals surface area contributed by atoms with Crippen molar-refractivity contribution >= 4 is 10.0 Å². The highest BCUT2D eigenvalue weighted by molar-refractivity contribution is 7.89. The fraction of sp³-hybridized carbons (Fsp3) is 0.545. The molecule has 5 nitrogen and oxygen atoms in total. The van der Waals surface area contributed by atoms with E-state index in [0.717, 1.165) is 5.56 Å². The van der Waals surface area contributed by atoms with Gasteiger partial charge < -0.3 is 5.73 Å². The van der Waals surface area contributed by atoms with E-state index in [9.17, 15) is 8.42 Å². The maximum atomic E-state index is 11.8. The summed E-state index contributed by atoms with van der Waals surface area (Å²) in [4.78, 5) is 3.92. The van der Waals surface area contributed by atoms with Crippen molar-refractivity contribution in [3.05, 3.63) is 30.1 Å². The van der Waals surface area contributed by atoms with Gasteiger partial charge in [0.05, 0.1) is 5.75 Å². The molecule has 0 spiro atoms. The third-order valence-electron chi connectivity index (χ3n) is 2.55. The van der Waals surface area contributed by atoms with Gasteiger partial charge in [-0.25, -0.2) is 12.7 Å². The smallest absolute Gasteiger partial charge is 0.213 e. The molecule has 0 amide bonds. The first-order chi connectivity index (χ1) is 8.06. The zero-order valence-corrected chi connectivity index (χ0v) is 10.9. The Labute approximate surface area is 103 Å². The molecule has 0 aliphatic heterocycles. The van der Waals surface area contributed by atoms with Crippen molar-refractivity contribution in [1.29, 1.82) is 0 Å². The lowest BCUT2D eigenvalue weighted by Crippen LogP contribution is -2.31. The number of hydrogen-bond acceptors (Lipinski definition) is 4. The first-order valence-electron chi connectivity index (χ1n) is 5.59. The van der Waals surface area contributed by atoms with Crippen molar-refractivity contribution in [3.63, 3.8) is 0 Å². The predicted molar refractivity (Wildman–Crippen MR) is 68.0 cm³/mol. The lowest BCUT2D eigenvalue weighted by atomic mass is 10.2. The molecule has 1 aromatic heterocycles. The first kappa shape index (κ1) is 14.1. The molecular weight excluding hydrogens is 238 g/mol. The van der Waals surface area contributed by atoms with E-state index in [-0.39, 0.29) is 5.75 Å². The van der Waals surface area contributed by atoms with Gasteiger partial charge in [0.1, 0.15) is 0 Å². The highest BCUT2D eigenvalue weighted by atomic mass is 32.2. The lowest BCUT2D eigenvalue weighted by Gasteiger charge is -2.16. The molecule has 1 heterocycles. The molecular formula is C11H19N3O2S. The maximum absolute atomic E-state index is 11.8. The van der Waals surface area contributed by atoms with Crippen molar-refractivity contribution in [2.45, 2.75) is 12.8 Å². The van der Waals surface area contributed by atoms with Crippen molar-refractivity contribution in [2.24, 2.45) is 5.73 Å². The van der Waals surface area contributed by atoms with Gasteiger partial charge in [0.2, 0.25) is 10.0 Å². The number of likely N-dealkylation sites (N-methyl/N-ethyl adjacent to an activating group) is 1. The number of sulfonamides is 1. The van der Waals surface area contributed by atoms with Gasteiger partial charge >= 0.3 is 0 Å². The molecule has 6 heteroatoms. The Hall–Kier alpha value is -0.980. The Bertz CT molecular complexity index is 420. The number of pyridine rings is 1. The molecule has 0 radical (unpaired) electrons. The number of rotatable bonds is 7. The van der Waals surface area contributed by atoms with Gasteiger partial charge in [-0.1, -0.05) is 0 Å². The molecule has 0 saturated heterocycles. The van der Waals surface area contributed by atoms with Crippen LogP contribution in [0.15, 0.2) is 24.5 Å². The predicted octanol–water partition coefficient (Wildman–Crippen LogP) is 0.235. The number of aromatic nitrogens is 1. The fourth-order valence-electron chi connectivity index (χ4n) is 1.40. The fourth-order valence-corrected chi connectivity index (χ4v) is 2.61. The van der Waals surface area contributed by atoms with E-state index in [1.807, 2.05) is 12.1 Å². The molecule has 0 aliphatic carbocycles. The summed E-state index contributed by atoms with van der Waals surface area (Å²) in [6.07, 6.45) is 4.61. The highest BCUT2D eigenvalue weighted by Gasteiger charge is 2.16. The van der Waals surface area contributed by atoms with E-state index in [1.165, 1.54) is 4.31 Å². The van der Waals surface area contributed by atoms with E-state index in [2.05, 4.69) is 4.98 Å². The van der Waals surface area contributed by atoms with Crippen LogP contribution in [0.4, 0.5) is 0 Å². The van der Waals surface area contributed by atoms with Crippen molar-refractivity contribution in [3.8, 4) is 0 Å². The van der Waals surface area contributed by atoms with Crippen molar-refractivity contribution < 1.29 is 8.42 Å². The molecule has 0 fully saturated rings. The van der Waals surface area contributed by atoms with Gasteiger partial charge in [-0.05, 0) is 37.1 Å². The third kappa shape index (κ3) is 4.80. The summed E-state index contributed by atoms with van der Waals surface area (Å²) >= 11 is 0. The van der Waals surface area contributed by atoms with E-state index in [4.69, 9.17) is 5.73 Å². The van der Waals surface area contributed by atoms with Crippen LogP contribution in [-0.2, 0) is 16.4 Å².